The fraction of sp³-hybridized carbons (Fsp3) is 0.214. The zero-order valence-electron chi connectivity index (χ0n) is 10.8. The summed E-state index contributed by atoms with van der Waals surface area (Å²) in [7, 11) is 0. The first-order valence-corrected chi connectivity index (χ1v) is 8.09. The van der Waals surface area contributed by atoms with E-state index < -0.39 is 0 Å². The Hall–Kier alpha value is -0.780. The molecule has 1 aromatic heterocycles. The molecule has 0 aliphatic rings. The molecule has 1 heterocycles. The first-order valence-electron chi connectivity index (χ1n) is 6.13. The van der Waals surface area contributed by atoms with Crippen LogP contribution >= 0.6 is 43.5 Å². The van der Waals surface area contributed by atoms with E-state index in [4.69, 9.17) is 11.6 Å². The van der Waals surface area contributed by atoms with Crippen molar-refractivity contribution in [3.8, 4) is 0 Å². The van der Waals surface area contributed by atoms with Gasteiger partial charge >= 0.3 is 0 Å². The summed E-state index contributed by atoms with van der Waals surface area (Å²) in [6, 6.07) is 7.10. The lowest BCUT2D eigenvalue weighted by Crippen LogP contribution is -2.16. The number of rotatable bonds is 4. The number of amides is 1. The van der Waals surface area contributed by atoms with Gasteiger partial charge in [-0.15, -0.1) is 0 Å². The Morgan fingerprint density at radius 2 is 2.10 bits per heavy atom. The molecule has 0 fully saturated rings. The quantitative estimate of drug-likeness (QED) is 0.713. The van der Waals surface area contributed by atoms with E-state index in [0.29, 0.717) is 16.4 Å². The molecule has 20 heavy (non-hydrogen) atoms. The van der Waals surface area contributed by atoms with Crippen LogP contribution in [0.15, 0.2) is 39.4 Å². The molecule has 2 rings (SSSR count). The minimum Gasteiger partial charge on any atom is -0.342 e. The number of nitrogens with zero attached hydrogens (tertiary/aromatic N) is 1. The molecule has 6 heteroatoms. The molecule has 1 aromatic carbocycles. The van der Waals surface area contributed by atoms with Gasteiger partial charge in [0.1, 0.15) is 5.69 Å². The zero-order valence-corrected chi connectivity index (χ0v) is 14.7. The van der Waals surface area contributed by atoms with Crippen molar-refractivity contribution in [1.82, 2.24) is 4.57 Å². The minimum atomic E-state index is -0.140. The first-order chi connectivity index (χ1) is 9.51. The van der Waals surface area contributed by atoms with E-state index in [0.717, 1.165) is 21.9 Å². The summed E-state index contributed by atoms with van der Waals surface area (Å²) >= 11 is 12.7. The number of aryl methyl sites for hydroxylation is 1. The van der Waals surface area contributed by atoms with Gasteiger partial charge in [-0.25, -0.2) is 0 Å². The van der Waals surface area contributed by atoms with Crippen LogP contribution < -0.4 is 5.32 Å². The molecule has 1 N–H and O–H groups in total. The predicted molar refractivity (Wildman–Crippen MR) is 89.5 cm³/mol. The number of aromatic nitrogens is 1. The van der Waals surface area contributed by atoms with Crippen LogP contribution in [-0.2, 0) is 6.54 Å². The van der Waals surface area contributed by atoms with E-state index in [1.807, 2.05) is 16.8 Å². The lowest BCUT2D eigenvalue weighted by Gasteiger charge is -2.09. The van der Waals surface area contributed by atoms with E-state index in [1.54, 1.807) is 18.2 Å². The highest BCUT2D eigenvalue weighted by molar-refractivity contribution is 9.10. The lowest BCUT2D eigenvalue weighted by atomic mass is 10.3. The molecule has 2 aromatic rings. The second kappa shape index (κ2) is 6.78. The second-order valence-corrected chi connectivity index (χ2v) is 6.50. The predicted octanol–water partition coefficient (Wildman–Crippen LogP) is 5.33. The maximum Gasteiger partial charge on any atom is 0.272 e. The number of hydrogen-bond donors (Lipinski definition) is 1. The van der Waals surface area contributed by atoms with Crippen molar-refractivity contribution < 1.29 is 4.79 Å². The van der Waals surface area contributed by atoms with E-state index in [2.05, 4.69) is 44.1 Å². The van der Waals surface area contributed by atoms with Gasteiger partial charge in [0.05, 0.1) is 5.02 Å². The maximum atomic E-state index is 12.3. The largest absolute Gasteiger partial charge is 0.342 e. The molecule has 0 aliphatic carbocycles. The van der Waals surface area contributed by atoms with E-state index in [-0.39, 0.29) is 5.91 Å². The van der Waals surface area contributed by atoms with Crippen molar-refractivity contribution in [1.29, 1.82) is 0 Å². The van der Waals surface area contributed by atoms with Crippen LogP contribution in [0.3, 0.4) is 0 Å². The van der Waals surface area contributed by atoms with Crippen LogP contribution in [0, 0.1) is 0 Å². The topological polar surface area (TPSA) is 34.0 Å². The Labute approximate surface area is 139 Å². The van der Waals surface area contributed by atoms with Gasteiger partial charge in [-0.1, -0.05) is 18.5 Å². The van der Waals surface area contributed by atoms with Crippen LogP contribution in [-0.4, -0.2) is 10.5 Å². The minimum absolute atomic E-state index is 0.140. The highest BCUT2D eigenvalue weighted by Gasteiger charge is 2.13. The Kier molecular flexibility index (Phi) is 5.29. The van der Waals surface area contributed by atoms with Crippen molar-refractivity contribution >= 4 is 55.1 Å². The molecule has 0 bridgehead atoms. The molecule has 3 nitrogen and oxygen atoms in total. The van der Waals surface area contributed by atoms with Crippen LogP contribution in [0.4, 0.5) is 5.69 Å². The molecule has 0 saturated heterocycles. The van der Waals surface area contributed by atoms with Crippen LogP contribution in [0.1, 0.15) is 23.8 Å². The van der Waals surface area contributed by atoms with Crippen molar-refractivity contribution in [2.24, 2.45) is 0 Å². The standard InChI is InChI=1S/C14H13Br2ClN2O/c1-2-5-19-8-9(15)6-13(19)14(20)18-10-3-4-12(17)11(16)7-10/h3-4,6-8H,2,5H2,1H3,(H,18,20). The summed E-state index contributed by atoms with van der Waals surface area (Å²) in [6.07, 6.45) is 2.88. The van der Waals surface area contributed by atoms with Crippen molar-refractivity contribution in [2.45, 2.75) is 19.9 Å². The van der Waals surface area contributed by atoms with Gasteiger partial charge in [-0.3, -0.25) is 4.79 Å². The number of nitrogens with one attached hydrogen (secondary N) is 1. The third-order valence-electron chi connectivity index (χ3n) is 2.74. The van der Waals surface area contributed by atoms with Crippen molar-refractivity contribution in [3.63, 3.8) is 0 Å². The van der Waals surface area contributed by atoms with Gasteiger partial charge in [0.2, 0.25) is 0 Å². The van der Waals surface area contributed by atoms with Crippen LogP contribution in [0.25, 0.3) is 0 Å². The van der Waals surface area contributed by atoms with E-state index >= 15 is 0 Å². The molecular weight excluding hydrogens is 407 g/mol. The molecule has 0 radical (unpaired) electrons. The Bertz CT molecular complexity index is 640. The second-order valence-electron chi connectivity index (χ2n) is 4.32. The number of carbonyl (C=O) groups excluding carboxylic acids is 1. The summed E-state index contributed by atoms with van der Waals surface area (Å²) in [4.78, 5) is 12.3. The molecule has 0 spiro atoms. The average molecular weight is 421 g/mol. The van der Waals surface area contributed by atoms with Crippen LogP contribution in [0.2, 0.25) is 5.02 Å². The number of halogens is 3. The number of hydrogen-bond acceptors (Lipinski definition) is 1. The highest BCUT2D eigenvalue weighted by Crippen LogP contribution is 2.26. The summed E-state index contributed by atoms with van der Waals surface area (Å²) in [6.45, 7) is 2.88. The summed E-state index contributed by atoms with van der Waals surface area (Å²) < 4.78 is 3.58. The molecule has 0 atom stereocenters. The molecule has 106 valence electrons. The van der Waals surface area contributed by atoms with E-state index in [1.165, 1.54) is 0 Å². The maximum absolute atomic E-state index is 12.3. The Balaban J connectivity index is 2.21. The van der Waals surface area contributed by atoms with Gasteiger partial charge < -0.3 is 9.88 Å². The van der Waals surface area contributed by atoms with Gasteiger partial charge in [-0.2, -0.15) is 0 Å². The van der Waals surface area contributed by atoms with Crippen molar-refractivity contribution in [2.75, 3.05) is 5.32 Å². The average Bonchev–Trinajstić information content (AvgIpc) is 2.75. The summed E-state index contributed by atoms with van der Waals surface area (Å²) in [5.74, 6) is -0.140. The third-order valence-corrected chi connectivity index (χ3v) is 4.39. The fourth-order valence-electron chi connectivity index (χ4n) is 1.86. The smallest absolute Gasteiger partial charge is 0.272 e. The molecule has 0 unspecified atom stereocenters. The summed E-state index contributed by atoms with van der Waals surface area (Å²) in [5, 5.41) is 3.48. The third kappa shape index (κ3) is 3.65. The van der Waals surface area contributed by atoms with Crippen LogP contribution in [0.5, 0.6) is 0 Å². The number of anilines is 1. The van der Waals surface area contributed by atoms with Gasteiger partial charge in [-0.05, 0) is 62.5 Å². The molecule has 1 amide bonds. The van der Waals surface area contributed by atoms with E-state index in [9.17, 15) is 4.79 Å². The Morgan fingerprint density at radius 3 is 2.75 bits per heavy atom. The number of carbonyl (C=O) groups is 1. The first kappa shape index (κ1) is 15.6. The monoisotopic (exact) mass is 418 g/mol. The zero-order chi connectivity index (χ0) is 14.7. The van der Waals surface area contributed by atoms with Gasteiger partial charge in [0, 0.05) is 27.4 Å². The fourth-order valence-corrected chi connectivity index (χ4v) is 2.82. The van der Waals surface area contributed by atoms with Gasteiger partial charge in [0.25, 0.3) is 5.91 Å². The molecular formula is C14H13Br2ClN2O. The van der Waals surface area contributed by atoms with Gasteiger partial charge in [0.15, 0.2) is 0 Å². The SMILES string of the molecule is CCCn1cc(Br)cc1C(=O)Nc1ccc(Cl)c(Br)c1. The summed E-state index contributed by atoms with van der Waals surface area (Å²) in [5.41, 5.74) is 1.33. The Morgan fingerprint density at radius 1 is 1.35 bits per heavy atom. The molecule has 0 aliphatic heterocycles. The molecule has 0 saturated carbocycles. The normalized spacial score (nSPS) is 10.6. The van der Waals surface area contributed by atoms with Crippen molar-refractivity contribution in [3.05, 3.63) is 50.1 Å². The highest BCUT2D eigenvalue weighted by atomic mass is 79.9. The number of benzene rings is 1. The lowest BCUT2D eigenvalue weighted by molar-refractivity contribution is 0.101.